The fraction of sp³-hybridized carbons (Fsp3) is 0.250. The second-order valence-corrected chi connectivity index (χ2v) is 7.17. The van der Waals surface area contributed by atoms with Crippen molar-refractivity contribution in [2.75, 3.05) is 11.9 Å². The van der Waals surface area contributed by atoms with E-state index < -0.39 is 0 Å². The first-order chi connectivity index (χ1) is 13.1. The maximum Gasteiger partial charge on any atom is 0.262 e. The van der Waals surface area contributed by atoms with Gasteiger partial charge in [-0.1, -0.05) is 41.9 Å². The summed E-state index contributed by atoms with van der Waals surface area (Å²) in [5.74, 6) is 0.800. The van der Waals surface area contributed by atoms with Crippen molar-refractivity contribution in [1.29, 1.82) is 0 Å². The first kappa shape index (κ1) is 19.1. The summed E-state index contributed by atoms with van der Waals surface area (Å²) < 4.78 is 8.48. The molecule has 0 spiro atoms. The van der Waals surface area contributed by atoms with Crippen molar-refractivity contribution < 1.29 is 9.53 Å². The van der Waals surface area contributed by atoms with Crippen LogP contribution < -0.4 is 10.1 Å². The van der Waals surface area contributed by atoms with Crippen LogP contribution in [0, 0.1) is 0 Å². The fourth-order valence-electron chi connectivity index (χ4n) is 2.63. The molecule has 2 aromatic carbocycles. The van der Waals surface area contributed by atoms with E-state index in [0.717, 1.165) is 16.6 Å². The second-order valence-electron chi connectivity index (χ2n) is 6.25. The number of ether oxygens (including phenoxy) is 1. The van der Waals surface area contributed by atoms with Crippen LogP contribution in [0.25, 0.3) is 5.69 Å². The molecule has 0 fully saturated rings. The predicted octanol–water partition coefficient (Wildman–Crippen LogP) is 4.56. The molecule has 0 radical (unpaired) electrons. The van der Waals surface area contributed by atoms with Gasteiger partial charge in [-0.25, -0.2) is 0 Å². The zero-order valence-corrected chi connectivity index (χ0v) is 16.8. The van der Waals surface area contributed by atoms with Crippen molar-refractivity contribution in [3.05, 3.63) is 65.2 Å². The van der Waals surface area contributed by atoms with Crippen molar-refractivity contribution >= 4 is 27.5 Å². The van der Waals surface area contributed by atoms with Crippen LogP contribution in [0.5, 0.6) is 5.75 Å². The molecule has 27 heavy (non-hydrogen) atoms. The van der Waals surface area contributed by atoms with Gasteiger partial charge >= 0.3 is 0 Å². The second kappa shape index (κ2) is 8.81. The molecule has 0 aliphatic rings. The molecule has 1 atom stereocenters. The third-order valence-corrected chi connectivity index (χ3v) is 4.82. The Hall–Kier alpha value is -2.67. The van der Waals surface area contributed by atoms with Crippen LogP contribution in [0.15, 0.2) is 59.6 Å². The number of nitrogens with zero attached hydrogens (tertiary/aromatic N) is 3. The van der Waals surface area contributed by atoms with Crippen LogP contribution in [0.4, 0.5) is 5.69 Å². The van der Waals surface area contributed by atoms with E-state index in [1.54, 1.807) is 17.2 Å². The molecule has 3 rings (SSSR count). The normalized spacial score (nSPS) is 11.8. The molecule has 6 nitrogen and oxygen atoms in total. The highest BCUT2D eigenvalue weighted by atomic mass is 79.9. The van der Waals surface area contributed by atoms with Crippen molar-refractivity contribution in [2.45, 2.75) is 26.2 Å². The first-order valence-electron chi connectivity index (χ1n) is 8.74. The van der Waals surface area contributed by atoms with Crippen LogP contribution in [-0.4, -0.2) is 27.3 Å². The SMILES string of the molecule is CCC(C)c1ccc(OCC(=O)Nc2cccc(Br)c2)c(-n2cnnc2)c1. The zero-order chi connectivity index (χ0) is 19.2. The number of nitrogens with one attached hydrogen (secondary N) is 1. The maximum absolute atomic E-state index is 12.2. The number of amides is 1. The third-order valence-electron chi connectivity index (χ3n) is 4.33. The monoisotopic (exact) mass is 428 g/mol. The van der Waals surface area contributed by atoms with Crippen molar-refractivity contribution in [1.82, 2.24) is 14.8 Å². The van der Waals surface area contributed by atoms with Gasteiger partial charge in [-0.05, 0) is 48.2 Å². The molecule has 0 bridgehead atoms. The molecule has 1 unspecified atom stereocenters. The summed E-state index contributed by atoms with van der Waals surface area (Å²) in [7, 11) is 0. The number of aromatic nitrogens is 3. The Labute approximate surface area is 166 Å². The van der Waals surface area contributed by atoms with Gasteiger partial charge in [-0.2, -0.15) is 0 Å². The topological polar surface area (TPSA) is 69.0 Å². The molecule has 1 amide bonds. The van der Waals surface area contributed by atoms with Gasteiger partial charge in [0.1, 0.15) is 18.4 Å². The lowest BCUT2D eigenvalue weighted by atomic mass is 9.98. The minimum absolute atomic E-state index is 0.0929. The standard InChI is InChI=1S/C20H21BrN4O2/c1-3-14(2)15-7-8-19(18(9-15)25-12-22-23-13-25)27-11-20(26)24-17-6-4-5-16(21)10-17/h4-10,12-14H,3,11H2,1-2H3,(H,24,26). The summed E-state index contributed by atoms with van der Waals surface area (Å²) in [5, 5.41) is 10.6. The Kier molecular flexibility index (Phi) is 6.24. The fourth-order valence-corrected chi connectivity index (χ4v) is 3.03. The zero-order valence-electron chi connectivity index (χ0n) is 15.2. The van der Waals surface area contributed by atoms with Gasteiger partial charge in [-0.15, -0.1) is 10.2 Å². The summed E-state index contributed by atoms with van der Waals surface area (Å²) in [6, 6.07) is 13.4. The van der Waals surface area contributed by atoms with Crippen LogP contribution in [0.1, 0.15) is 31.7 Å². The van der Waals surface area contributed by atoms with Crippen LogP contribution in [0.3, 0.4) is 0 Å². The van der Waals surface area contributed by atoms with Gasteiger partial charge in [0.05, 0.1) is 5.69 Å². The van der Waals surface area contributed by atoms with Crippen LogP contribution in [0.2, 0.25) is 0 Å². The number of carbonyl (C=O) groups excluding carboxylic acids is 1. The summed E-state index contributed by atoms with van der Waals surface area (Å²) in [4.78, 5) is 12.2. The Morgan fingerprint density at radius 2 is 2.00 bits per heavy atom. The van der Waals surface area contributed by atoms with Gasteiger partial charge in [-0.3, -0.25) is 9.36 Å². The minimum Gasteiger partial charge on any atom is -0.482 e. The van der Waals surface area contributed by atoms with E-state index >= 15 is 0 Å². The average molecular weight is 429 g/mol. The van der Waals surface area contributed by atoms with Crippen molar-refractivity contribution in [3.63, 3.8) is 0 Å². The first-order valence-corrected chi connectivity index (χ1v) is 9.53. The van der Waals surface area contributed by atoms with Gasteiger partial charge < -0.3 is 10.1 Å². The van der Waals surface area contributed by atoms with Gasteiger partial charge in [0.25, 0.3) is 5.91 Å². The maximum atomic E-state index is 12.2. The summed E-state index contributed by atoms with van der Waals surface area (Å²) >= 11 is 3.39. The number of benzene rings is 2. The number of rotatable bonds is 7. The highest BCUT2D eigenvalue weighted by Crippen LogP contribution is 2.28. The molecule has 0 aliphatic carbocycles. The lowest BCUT2D eigenvalue weighted by Crippen LogP contribution is -2.20. The van der Waals surface area contributed by atoms with Crippen LogP contribution >= 0.6 is 15.9 Å². The molecule has 0 saturated heterocycles. The highest BCUT2D eigenvalue weighted by molar-refractivity contribution is 9.10. The third kappa shape index (κ3) is 4.95. The quantitative estimate of drug-likeness (QED) is 0.598. The lowest BCUT2D eigenvalue weighted by molar-refractivity contribution is -0.118. The van der Waals surface area contributed by atoms with E-state index in [-0.39, 0.29) is 12.5 Å². The molecular formula is C20H21BrN4O2. The van der Waals surface area contributed by atoms with Gasteiger partial charge in [0, 0.05) is 10.2 Å². The smallest absolute Gasteiger partial charge is 0.262 e. The van der Waals surface area contributed by atoms with Gasteiger partial charge in [0.2, 0.25) is 0 Å². The van der Waals surface area contributed by atoms with E-state index in [1.165, 1.54) is 5.56 Å². The molecular weight excluding hydrogens is 408 g/mol. The Morgan fingerprint density at radius 3 is 2.70 bits per heavy atom. The van der Waals surface area contributed by atoms with Crippen molar-refractivity contribution in [2.24, 2.45) is 0 Å². The number of anilines is 1. The van der Waals surface area contributed by atoms with E-state index in [2.05, 4.69) is 51.4 Å². The van der Waals surface area contributed by atoms with Gasteiger partial charge in [0.15, 0.2) is 6.61 Å². The molecule has 140 valence electrons. The Morgan fingerprint density at radius 1 is 1.22 bits per heavy atom. The Bertz CT molecular complexity index is 912. The van der Waals surface area contributed by atoms with E-state index in [4.69, 9.17) is 4.74 Å². The minimum atomic E-state index is -0.228. The van der Waals surface area contributed by atoms with E-state index in [9.17, 15) is 4.79 Å². The van der Waals surface area contributed by atoms with Crippen LogP contribution in [-0.2, 0) is 4.79 Å². The molecule has 1 aromatic heterocycles. The number of hydrogen-bond acceptors (Lipinski definition) is 4. The van der Waals surface area contributed by atoms with E-state index in [0.29, 0.717) is 17.4 Å². The number of carbonyl (C=O) groups is 1. The number of hydrogen-bond donors (Lipinski definition) is 1. The van der Waals surface area contributed by atoms with E-state index in [1.807, 2.05) is 36.4 Å². The summed E-state index contributed by atoms with van der Waals surface area (Å²) in [5.41, 5.74) is 2.73. The largest absolute Gasteiger partial charge is 0.482 e. The summed E-state index contributed by atoms with van der Waals surface area (Å²) in [6.07, 6.45) is 4.27. The summed E-state index contributed by atoms with van der Waals surface area (Å²) in [6.45, 7) is 4.24. The molecule has 0 aliphatic heterocycles. The molecule has 0 saturated carbocycles. The molecule has 1 heterocycles. The Balaban J connectivity index is 1.75. The molecule has 1 N–H and O–H groups in total. The number of halogens is 1. The van der Waals surface area contributed by atoms with Crippen molar-refractivity contribution in [3.8, 4) is 11.4 Å². The molecule has 3 aromatic rings. The highest BCUT2D eigenvalue weighted by Gasteiger charge is 2.13. The average Bonchev–Trinajstić information content (AvgIpc) is 3.20. The predicted molar refractivity (Wildman–Crippen MR) is 108 cm³/mol. The lowest BCUT2D eigenvalue weighted by Gasteiger charge is -2.16. The molecule has 7 heteroatoms.